The van der Waals surface area contributed by atoms with Crippen molar-refractivity contribution in [1.82, 2.24) is 4.31 Å². The molecule has 2 atom stereocenters. The smallest absolute Gasteiger partial charge is 0.217 e. The molecule has 5 nitrogen and oxygen atoms in total. The normalized spacial score (nSPS) is 25.8. The van der Waals surface area contributed by atoms with Crippen LogP contribution in [0.3, 0.4) is 0 Å². The molecule has 0 radical (unpaired) electrons. The maximum Gasteiger partial charge on any atom is 0.217 e. The summed E-state index contributed by atoms with van der Waals surface area (Å²) in [6.45, 7) is 1.60. The van der Waals surface area contributed by atoms with Crippen molar-refractivity contribution >= 4 is 10.0 Å². The topological polar surface area (TPSA) is 55.8 Å². The van der Waals surface area contributed by atoms with Crippen LogP contribution in [0.2, 0.25) is 0 Å². The Balaban J connectivity index is 1.75. The first-order valence-electron chi connectivity index (χ1n) is 8.28. The molecular weight excluding hydrogens is 314 g/mol. The summed E-state index contributed by atoms with van der Waals surface area (Å²) in [5.74, 6) is 0. The highest BCUT2D eigenvalue weighted by atomic mass is 32.2. The maximum atomic E-state index is 12.7. The van der Waals surface area contributed by atoms with Gasteiger partial charge >= 0.3 is 0 Å². The van der Waals surface area contributed by atoms with Gasteiger partial charge in [0.15, 0.2) is 0 Å². The van der Waals surface area contributed by atoms with Gasteiger partial charge in [-0.1, -0.05) is 30.3 Å². The largest absolute Gasteiger partial charge is 0.382 e. The van der Waals surface area contributed by atoms with E-state index in [4.69, 9.17) is 9.47 Å². The van der Waals surface area contributed by atoms with Gasteiger partial charge in [0.2, 0.25) is 10.0 Å². The summed E-state index contributed by atoms with van der Waals surface area (Å²) < 4.78 is 38.1. The standard InChI is InChI=1S/C17H25NO4S/c1-21-11-12-22-17-9-10-18(23(19,20)15-7-8-15)16(17)13-14-5-3-2-4-6-14/h2-6,15-17H,7-13H2,1H3/t16-,17-/m1/s1. The maximum absolute atomic E-state index is 12.7. The van der Waals surface area contributed by atoms with Crippen LogP contribution in [-0.4, -0.2) is 57.0 Å². The van der Waals surface area contributed by atoms with E-state index >= 15 is 0 Å². The minimum absolute atomic E-state index is 0.0566. The zero-order valence-corrected chi connectivity index (χ0v) is 14.4. The Morgan fingerprint density at radius 3 is 2.52 bits per heavy atom. The van der Waals surface area contributed by atoms with Gasteiger partial charge in [-0.05, 0) is 31.2 Å². The molecule has 0 aromatic heterocycles. The quantitative estimate of drug-likeness (QED) is 0.678. The molecule has 3 rings (SSSR count). The Bertz CT molecular complexity index is 600. The van der Waals surface area contributed by atoms with Crippen LogP contribution in [0.25, 0.3) is 0 Å². The zero-order chi connectivity index (χ0) is 16.3. The Morgan fingerprint density at radius 1 is 1.13 bits per heavy atom. The summed E-state index contributed by atoms with van der Waals surface area (Å²) in [5, 5.41) is -0.168. The molecule has 1 aliphatic carbocycles. The van der Waals surface area contributed by atoms with Crippen LogP contribution in [0.1, 0.15) is 24.8 Å². The van der Waals surface area contributed by atoms with Crippen molar-refractivity contribution in [2.24, 2.45) is 0 Å². The summed E-state index contributed by atoms with van der Waals surface area (Å²) in [6, 6.07) is 9.94. The Labute approximate surface area is 138 Å². The van der Waals surface area contributed by atoms with Gasteiger partial charge in [-0.2, -0.15) is 4.31 Å². The van der Waals surface area contributed by atoms with E-state index < -0.39 is 10.0 Å². The van der Waals surface area contributed by atoms with Gasteiger partial charge in [0.05, 0.1) is 30.6 Å². The number of ether oxygens (including phenoxy) is 2. The molecule has 1 heterocycles. The van der Waals surface area contributed by atoms with E-state index in [1.54, 1.807) is 11.4 Å². The fraction of sp³-hybridized carbons (Fsp3) is 0.647. The lowest BCUT2D eigenvalue weighted by Gasteiger charge is -2.28. The number of rotatable bonds is 8. The van der Waals surface area contributed by atoms with Gasteiger partial charge < -0.3 is 9.47 Å². The molecule has 128 valence electrons. The van der Waals surface area contributed by atoms with Crippen molar-refractivity contribution in [2.75, 3.05) is 26.9 Å². The number of sulfonamides is 1. The van der Waals surface area contributed by atoms with Crippen LogP contribution in [-0.2, 0) is 25.9 Å². The fourth-order valence-electron chi connectivity index (χ4n) is 3.24. The average Bonchev–Trinajstić information content (AvgIpc) is 3.33. The van der Waals surface area contributed by atoms with Crippen LogP contribution in [0.4, 0.5) is 0 Å². The summed E-state index contributed by atoms with van der Waals surface area (Å²) in [6.07, 6.45) is 2.99. The number of methoxy groups -OCH3 is 1. The average molecular weight is 339 g/mol. The van der Waals surface area contributed by atoms with E-state index in [2.05, 4.69) is 0 Å². The number of hydrogen-bond acceptors (Lipinski definition) is 4. The van der Waals surface area contributed by atoms with E-state index in [0.29, 0.717) is 26.2 Å². The monoisotopic (exact) mass is 339 g/mol. The Morgan fingerprint density at radius 2 is 1.87 bits per heavy atom. The molecule has 1 saturated carbocycles. The summed E-state index contributed by atoms with van der Waals surface area (Å²) >= 11 is 0. The molecular formula is C17H25NO4S. The van der Waals surface area contributed by atoms with Crippen LogP contribution < -0.4 is 0 Å². The van der Waals surface area contributed by atoms with Gasteiger partial charge in [-0.15, -0.1) is 0 Å². The molecule has 0 unspecified atom stereocenters. The third-order valence-electron chi connectivity index (χ3n) is 4.61. The number of hydrogen-bond donors (Lipinski definition) is 0. The van der Waals surface area contributed by atoms with E-state index in [1.807, 2.05) is 30.3 Å². The SMILES string of the molecule is COCCO[C@@H]1CCN(S(=O)(=O)C2CC2)[C@@H]1Cc1ccccc1. The van der Waals surface area contributed by atoms with Crippen molar-refractivity contribution in [1.29, 1.82) is 0 Å². The lowest BCUT2D eigenvalue weighted by molar-refractivity contribution is 0.00636. The lowest BCUT2D eigenvalue weighted by Crippen LogP contribution is -2.43. The number of benzene rings is 1. The molecule has 0 bridgehead atoms. The minimum Gasteiger partial charge on any atom is -0.382 e. The van der Waals surface area contributed by atoms with Gasteiger partial charge in [0.25, 0.3) is 0 Å². The van der Waals surface area contributed by atoms with Crippen molar-refractivity contribution in [3.63, 3.8) is 0 Å². The van der Waals surface area contributed by atoms with Crippen LogP contribution in [0.15, 0.2) is 30.3 Å². The van der Waals surface area contributed by atoms with Crippen molar-refractivity contribution in [2.45, 2.75) is 43.1 Å². The first-order chi connectivity index (χ1) is 11.1. The fourth-order valence-corrected chi connectivity index (χ4v) is 5.30. The van der Waals surface area contributed by atoms with Crippen LogP contribution in [0.5, 0.6) is 0 Å². The predicted molar refractivity (Wildman–Crippen MR) is 88.8 cm³/mol. The third kappa shape index (κ3) is 3.94. The van der Waals surface area contributed by atoms with E-state index in [-0.39, 0.29) is 17.4 Å². The summed E-state index contributed by atoms with van der Waals surface area (Å²) in [7, 11) is -1.53. The van der Waals surface area contributed by atoms with E-state index in [0.717, 1.165) is 24.8 Å². The molecule has 1 aliphatic heterocycles. The zero-order valence-electron chi connectivity index (χ0n) is 13.6. The van der Waals surface area contributed by atoms with Gasteiger partial charge in [-0.3, -0.25) is 0 Å². The van der Waals surface area contributed by atoms with E-state index in [9.17, 15) is 8.42 Å². The molecule has 2 fully saturated rings. The van der Waals surface area contributed by atoms with Crippen molar-refractivity contribution in [3.05, 3.63) is 35.9 Å². The molecule has 6 heteroatoms. The highest BCUT2D eigenvalue weighted by Gasteiger charge is 2.47. The van der Waals surface area contributed by atoms with Crippen LogP contribution >= 0.6 is 0 Å². The Kier molecular flexibility index (Phi) is 5.36. The highest BCUT2D eigenvalue weighted by Crippen LogP contribution is 2.36. The molecule has 1 saturated heterocycles. The van der Waals surface area contributed by atoms with Crippen molar-refractivity contribution < 1.29 is 17.9 Å². The van der Waals surface area contributed by atoms with Crippen LogP contribution in [0, 0.1) is 0 Å². The molecule has 0 amide bonds. The summed E-state index contributed by atoms with van der Waals surface area (Å²) in [5.41, 5.74) is 1.15. The molecule has 2 aliphatic rings. The predicted octanol–water partition coefficient (Wildman–Crippen LogP) is 1.83. The number of nitrogens with zero attached hydrogens (tertiary/aromatic N) is 1. The second-order valence-corrected chi connectivity index (χ2v) is 8.47. The molecule has 0 spiro atoms. The Hall–Kier alpha value is -0.950. The molecule has 23 heavy (non-hydrogen) atoms. The highest BCUT2D eigenvalue weighted by molar-refractivity contribution is 7.90. The van der Waals surface area contributed by atoms with Gasteiger partial charge in [-0.25, -0.2) is 8.42 Å². The second-order valence-electron chi connectivity index (χ2n) is 6.30. The molecule has 1 aromatic carbocycles. The second kappa shape index (κ2) is 7.30. The first-order valence-corrected chi connectivity index (χ1v) is 9.78. The first kappa shape index (κ1) is 16.9. The van der Waals surface area contributed by atoms with Gasteiger partial charge in [0, 0.05) is 13.7 Å². The lowest BCUT2D eigenvalue weighted by atomic mass is 10.0. The minimum atomic E-state index is -3.18. The third-order valence-corrected chi connectivity index (χ3v) is 7.03. The molecule has 1 aromatic rings. The van der Waals surface area contributed by atoms with E-state index in [1.165, 1.54) is 0 Å². The summed E-state index contributed by atoms with van der Waals surface area (Å²) in [4.78, 5) is 0. The van der Waals surface area contributed by atoms with Gasteiger partial charge in [0.1, 0.15) is 0 Å². The molecule has 0 N–H and O–H groups in total. The van der Waals surface area contributed by atoms with Crippen molar-refractivity contribution in [3.8, 4) is 0 Å².